The Kier molecular flexibility index (Phi) is 3.34. The Balaban J connectivity index is 1.98. The van der Waals surface area contributed by atoms with Crippen molar-refractivity contribution >= 4 is 28.7 Å². The summed E-state index contributed by atoms with van der Waals surface area (Å²) in [5, 5.41) is 43.2. The van der Waals surface area contributed by atoms with Gasteiger partial charge in [-0.2, -0.15) is 4.98 Å². The normalized spacial score (nSPS) is 30.6. The molecule has 2 aromatic heterocycles. The number of anilines is 1. The third-order valence-electron chi connectivity index (χ3n) is 4.57. The van der Waals surface area contributed by atoms with E-state index in [9.17, 15) is 25.2 Å². The van der Waals surface area contributed by atoms with E-state index in [0.717, 1.165) is 6.07 Å². The van der Waals surface area contributed by atoms with E-state index in [-0.39, 0.29) is 17.0 Å². The molecule has 10 heteroatoms. The van der Waals surface area contributed by atoms with E-state index < -0.39 is 42.0 Å². The Morgan fingerprint density at radius 1 is 1.48 bits per heavy atom. The van der Waals surface area contributed by atoms with Crippen molar-refractivity contribution in [2.24, 2.45) is 4.99 Å². The van der Waals surface area contributed by atoms with Crippen molar-refractivity contribution in [1.29, 1.82) is 0 Å². The van der Waals surface area contributed by atoms with E-state index in [1.54, 1.807) is 0 Å². The number of hydrogen-bond acceptors (Lipinski definition) is 9. The molecule has 25 heavy (non-hydrogen) atoms. The predicted octanol–water partition coefficient (Wildman–Crippen LogP) is -0.811. The number of aliphatic imine (C=N–C) groups is 1. The smallest absolute Gasteiger partial charge is 0.216 e. The fraction of sp³-hybridized carbons (Fsp3) is 0.400. The highest BCUT2D eigenvalue weighted by molar-refractivity contribution is 6.06. The summed E-state index contributed by atoms with van der Waals surface area (Å²) in [6, 6.07) is 0.978. The van der Waals surface area contributed by atoms with Crippen LogP contribution in [-0.2, 0) is 4.74 Å². The monoisotopic (exact) mass is 348 g/mol. The molecule has 0 bridgehead atoms. The quantitative estimate of drug-likeness (QED) is 0.473. The third-order valence-corrected chi connectivity index (χ3v) is 4.57. The lowest BCUT2D eigenvalue weighted by Crippen LogP contribution is -2.44. The molecule has 4 heterocycles. The van der Waals surface area contributed by atoms with Gasteiger partial charge in [-0.25, -0.2) is 4.99 Å². The average molecular weight is 348 g/mol. The molecule has 0 aliphatic carbocycles. The van der Waals surface area contributed by atoms with E-state index in [4.69, 9.17) is 4.74 Å². The van der Waals surface area contributed by atoms with Crippen LogP contribution in [-0.4, -0.2) is 60.7 Å². The first-order chi connectivity index (χ1) is 11.8. The largest absolute Gasteiger partial charge is 0.493 e. The highest BCUT2D eigenvalue weighted by Gasteiger charge is 2.53. The van der Waals surface area contributed by atoms with Gasteiger partial charge in [-0.1, -0.05) is 0 Å². The van der Waals surface area contributed by atoms with Crippen molar-refractivity contribution in [3.63, 3.8) is 0 Å². The summed E-state index contributed by atoms with van der Waals surface area (Å²) in [4.78, 5) is 20.4. The van der Waals surface area contributed by atoms with Gasteiger partial charge in [0.15, 0.2) is 11.7 Å². The Morgan fingerprint density at radius 2 is 2.24 bits per heavy atom. The zero-order valence-electron chi connectivity index (χ0n) is 13.1. The van der Waals surface area contributed by atoms with Crippen LogP contribution in [0.4, 0.5) is 11.6 Å². The highest BCUT2D eigenvalue weighted by atomic mass is 16.6. The van der Waals surface area contributed by atoms with Crippen LogP contribution in [0.25, 0.3) is 10.8 Å². The minimum atomic E-state index is -1.72. The molecule has 132 valence electrons. The summed E-state index contributed by atoms with van der Waals surface area (Å²) in [7, 11) is 0. The molecule has 1 fully saturated rings. The van der Waals surface area contributed by atoms with Crippen molar-refractivity contribution in [3.05, 3.63) is 22.5 Å². The van der Waals surface area contributed by atoms with Crippen molar-refractivity contribution in [2.75, 3.05) is 11.9 Å². The van der Waals surface area contributed by atoms with Crippen LogP contribution in [0, 0.1) is 0 Å². The molecule has 4 atom stereocenters. The zero-order chi connectivity index (χ0) is 17.9. The lowest BCUT2D eigenvalue weighted by atomic mass is 9.96. The SMILES string of the molecule is C[C@@]1(O)C(n2cc3c(=O)cc(O)nc4c3c2N=CN4)O[C@H](CO)[C@H]1O. The first kappa shape index (κ1) is 16.0. The second kappa shape index (κ2) is 5.23. The molecule has 4 rings (SSSR count). The molecule has 0 saturated carbocycles. The zero-order valence-corrected chi connectivity index (χ0v) is 13.1. The number of nitrogens with zero attached hydrogens (tertiary/aromatic N) is 3. The van der Waals surface area contributed by atoms with Gasteiger partial charge in [0, 0.05) is 12.3 Å². The standard InChI is InChI=1S/C15H16N4O6/c1-15(24)11(23)8(4-20)25-14(15)19-3-6-7(21)2-9(22)18-12-10(6)13(19)17-5-16-12/h2-3,5,8,11,14,20,22-24H,4H2,1H3,(H,16,17,18)/t8-,11-,14?,15+/m1/s1. The summed E-state index contributed by atoms with van der Waals surface area (Å²) < 4.78 is 7.02. The van der Waals surface area contributed by atoms with E-state index in [1.165, 1.54) is 24.0 Å². The molecule has 1 saturated heterocycles. The maximum absolute atomic E-state index is 12.3. The van der Waals surface area contributed by atoms with E-state index in [0.29, 0.717) is 5.39 Å². The molecule has 2 aliphatic rings. The Labute approximate surface area is 140 Å². The van der Waals surface area contributed by atoms with Crippen molar-refractivity contribution < 1.29 is 25.2 Å². The van der Waals surface area contributed by atoms with Crippen molar-refractivity contribution in [1.82, 2.24) is 9.55 Å². The molecule has 2 aliphatic heterocycles. The van der Waals surface area contributed by atoms with Gasteiger partial charge in [0.1, 0.15) is 29.4 Å². The van der Waals surface area contributed by atoms with Gasteiger partial charge >= 0.3 is 0 Å². The van der Waals surface area contributed by atoms with Gasteiger partial charge < -0.3 is 35.0 Å². The predicted molar refractivity (Wildman–Crippen MR) is 87.1 cm³/mol. The number of aromatic nitrogens is 2. The van der Waals surface area contributed by atoms with Crippen LogP contribution in [0.15, 0.2) is 22.1 Å². The van der Waals surface area contributed by atoms with Gasteiger partial charge in [-0.15, -0.1) is 0 Å². The topological polar surface area (TPSA) is 149 Å². The molecule has 0 spiro atoms. The number of aromatic hydroxyl groups is 1. The molecule has 0 amide bonds. The number of rotatable bonds is 2. The first-order valence-corrected chi connectivity index (χ1v) is 7.59. The molecule has 0 radical (unpaired) electrons. The van der Waals surface area contributed by atoms with Crippen LogP contribution < -0.4 is 10.7 Å². The van der Waals surface area contributed by atoms with Gasteiger partial charge in [-0.3, -0.25) is 4.79 Å². The number of nitrogens with one attached hydrogen (secondary N) is 1. The molecular formula is C15H16N4O6. The number of hydrogen-bond donors (Lipinski definition) is 5. The summed E-state index contributed by atoms with van der Waals surface area (Å²) in [6.07, 6.45) is -0.631. The van der Waals surface area contributed by atoms with Gasteiger partial charge in [-0.05, 0) is 6.92 Å². The lowest BCUT2D eigenvalue weighted by molar-refractivity contribution is -0.0955. The molecular weight excluding hydrogens is 332 g/mol. The second-order valence-electron chi connectivity index (χ2n) is 6.26. The Bertz CT molecular complexity index is 953. The van der Waals surface area contributed by atoms with Crippen molar-refractivity contribution in [3.8, 4) is 5.88 Å². The molecule has 2 aromatic rings. The molecule has 1 unspecified atom stereocenters. The lowest BCUT2D eigenvalue weighted by Gasteiger charge is -2.28. The highest BCUT2D eigenvalue weighted by Crippen LogP contribution is 2.44. The van der Waals surface area contributed by atoms with Crippen LogP contribution in [0.5, 0.6) is 5.88 Å². The van der Waals surface area contributed by atoms with Gasteiger partial charge in [0.25, 0.3) is 0 Å². The van der Waals surface area contributed by atoms with Crippen LogP contribution in [0.1, 0.15) is 13.2 Å². The van der Waals surface area contributed by atoms with Crippen molar-refractivity contribution in [2.45, 2.75) is 31.0 Å². The number of aliphatic hydroxyl groups is 3. The Morgan fingerprint density at radius 3 is 2.92 bits per heavy atom. The van der Waals surface area contributed by atoms with E-state index in [2.05, 4.69) is 15.3 Å². The second-order valence-corrected chi connectivity index (χ2v) is 6.26. The molecule has 5 N–H and O–H groups in total. The summed E-state index contributed by atoms with van der Waals surface area (Å²) in [5.74, 6) is 0.0756. The number of aliphatic hydroxyl groups excluding tert-OH is 2. The van der Waals surface area contributed by atoms with Crippen LogP contribution in [0.3, 0.4) is 0 Å². The number of ether oxygens (including phenoxy) is 1. The fourth-order valence-corrected chi connectivity index (χ4v) is 3.29. The third kappa shape index (κ3) is 2.15. The fourth-order valence-electron chi connectivity index (χ4n) is 3.29. The molecule has 0 aromatic carbocycles. The summed E-state index contributed by atoms with van der Waals surface area (Å²) >= 11 is 0. The first-order valence-electron chi connectivity index (χ1n) is 7.59. The van der Waals surface area contributed by atoms with Gasteiger partial charge in [0.05, 0.1) is 23.7 Å². The average Bonchev–Trinajstić information content (AvgIpc) is 3.00. The minimum absolute atomic E-state index is 0.212. The minimum Gasteiger partial charge on any atom is -0.493 e. The molecule has 10 nitrogen and oxygen atoms in total. The van der Waals surface area contributed by atoms with Gasteiger partial charge in [0.2, 0.25) is 5.88 Å². The van der Waals surface area contributed by atoms with Crippen LogP contribution >= 0.6 is 0 Å². The Hall–Kier alpha value is -2.53. The maximum atomic E-state index is 12.3. The van der Waals surface area contributed by atoms with E-state index >= 15 is 0 Å². The maximum Gasteiger partial charge on any atom is 0.216 e. The van der Waals surface area contributed by atoms with Crippen LogP contribution in [0.2, 0.25) is 0 Å². The summed E-state index contributed by atoms with van der Waals surface area (Å²) in [6.45, 7) is 0.903. The van der Waals surface area contributed by atoms with E-state index in [1.807, 2.05) is 0 Å². The summed E-state index contributed by atoms with van der Waals surface area (Å²) in [5.41, 5.74) is -2.21.